The molecular formula is C16H22N4S. The first-order chi connectivity index (χ1) is 10.1. The summed E-state index contributed by atoms with van der Waals surface area (Å²) in [6.45, 7) is 8.57. The Bertz CT molecular complexity index is 604. The zero-order valence-corrected chi connectivity index (χ0v) is 13.6. The van der Waals surface area contributed by atoms with Crippen molar-refractivity contribution in [2.24, 2.45) is 0 Å². The maximum Gasteiger partial charge on any atom is 0.166 e. The van der Waals surface area contributed by atoms with E-state index in [-0.39, 0.29) is 0 Å². The molecule has 112 valence electrons. The number of hydrogen-bond acceptors (Lipinski definition) is 2. The van der Waals surface area contributed by atoms with Crippen molar-refractivity contribution < 1.29 is 0 Å². The standard InChI is InChI=1S/C16H22N4S/c1-4-20-13(3)15(12(2)19-20)11-18-16(21)17-10-14-8-6-5-7-9-14/h5-9H,4,10-11H2,1-3H3,(H2,17,18,21). The molecule has 1 aromatic heterocycles. The van der Waals surface area contributed by atoms with Crippen LogP contribution in [0.25, 0.3) is 0 Å². The molecule has 0 bridgehead atoms. The molecule has 21 heavy (non-hydrogen) atoms. The first-order valence-corrected chi connectivity index (χ1v) is 7.61. The van der Waals surface area contributed by atoms with Crippen LogP contribution < -0.4 is 10.6 Å². The molecule has 0 saturated heterocycles. The molecule has 0 spiro atoms. The van der Waals surface area contributed by atoms with Crippen molar-refractivity contribution in [3.05, 3.63) is 52.8 Å². The van der Waals surface area contributed by atoms with Crippen LogP contribution in [0.1, 0.15) is 29.4 Å². The molecule has 4 nitrogen and oxygen atoms in total. The van der Waals surface area contributed by atoms with Gasteiger partial charge in [0.15, 0.2) is 5.11 Å². The Morgan fingerprint density at radius 3 is 2.43 bits per heavy atom. The molecule has 1 aromatic carbocycles. The van der Waals surface area contributed by atoms with Crippen molar-refractivity contribution in [2.75, 3.05) is 0 Å². The fourth-order valence-corrected chi connectivity index (χ4v) is 2.45. The highest BCUT2D eigenvalue weighted by atomic mass is 32.1. The Labute approximate surface area is 131 Å². The molecule has 0 aliphatic heterocycles. The van der Waals surface area contributed by atoms with Crippen molar-refractivity contribution in [2.45, 2.75) is 40.4 Å². The first-order valence-electron chi connectivity index (χ1n) is 7.20. The Morgan fingerprint density at radius 1 is 1.14 bits per heavy atom. The van der Waals surface area contributed by atoms with Crippen LogP contribution in [-0.2, 0) is 19.6 Å². The van der Waals surface area contributed by atoms with Crippen LogP contribution in [0.2, 0.25) is 0 Å². The summed E-state index contributed by atoms with van der Waals surface area (Å²) in [7, 11) is 0. The van der Waals surface area contributed by atoms with Gasteiger partial charge in [0, 0.05) is 30.9 Å². The maximum atomic E-state index is 5.32. The van der Waals surface area contributed by atoms with E-state index >= 15 is 0 Å². The maximum absolute atomic E-state index is 5.32. The number of aryl methyl sites for hydroxylation is 2. The lowest BCUT2D eigenvalue weighted by molar-refractivity contribution is 0.633. The Morgan fingerprint density at radius 2 is 1.81 bits per heavy atom. The van der Waals surface area contributed by atoms with Crippen LogP contribution in [0.4, 0.5) is 0 Å². The minimum absolute atomic E-state index is 0.668. The van der Waals surface area contributed by atoms with Gasteiger partial charge in [-0.15, -0.1) is 0 Å². The van der Waals surface area contributed by atoms with Gasteiger partial charge >= 0.3 is 0 Å². The molecule has 1 heterocycles. The van der Waals surface area contributed by atoms with Crippen molar-refractivity contribution in [1.29, 1.82) is 0 Å². The van der Waals surface area contributed by atoms with Gasteiger partial charge in [0.25, 0.3) is 0 Å². The van der Waals surface area contributed by atoms with Gasteiger partial charge in [0.1, 0.15) is 0 Å². The third-order valence-corrected chi connectivity index (χ3v) is 3.84. The minimum atomic E-state index is 0.668. The third kappa shape index (κ3) is 4.04. The van der Waals surface area contributed by atoms with E-state index in [1.165, 1.54) is 16.8 Å². The number of rotatable bonds is 5. The van der Waals surface area contributed by atoms with E-state index in [2.05, 4.69) is 41.7 Å². The summed E-state index contributed by atoms with van der Waals surface area (Å²) in [4.78, 5) is 0. The fourth-order valence-electron chi connectivity index (χ4n) is 2.31. The average molecular weight is 302 g/mol. The second kappa shape index (κ2) is 7.22. The summed E-state index contributed by atoms with van der Waals surface area (Å²) in [6.07, 6.45) is 0. The van der Waals surface area contributed by atoms with Crippen LogP contribution in [0, 0.1) is 13.8 Å². The van der Waals surface area contributed by atoms with Gasteiger partial charge in [-0.05, 0) is 38.6 Å². The van der Waals surface area contributed by atoms with Crippen molar-refractivity contribution in [1.82, 2.24) is 20.4 Å². The number of nitrogens with zero attached hydrogens (tertiary/aromatic N) is 2. The molecule has 0 atom stereocenters. The summed E-state index contributed by atoms with van der Waals surface area (Å²) < 4.78 is 2.02. The van der Waals surface area contributed by atoms with E-state index in [0.717, 1.165) is 18.8 Å². The predicted octanol–water partition coefficient (Wildman–Crippen LogP) is 2.68. The summed E-state index contributed by atoms with van der Waals surface area (Å²) >= 11 is 5.32. The largest absolute Gasteiger partial charge is 0.359 e. The second-order valence-electron chi connectivity index (χ2n) is 4.99. The molecule has 2 aromatic rings. The molecule has 2 N–H and O–H groups in total. The molecule has 0 amide bonds. The Hall–Kier alpha value is -1.88. The Balaban J connectivity index is 1.85. The second-order valence-corrected chi connectivity index (χ2v) is 5.40. The number of benzene rings is 1. The van der Waals surface area contributed by atoms with Gasteiger partial charge < -0.3 is 10.6 Å². The van der Waals surface area contributed by atoms with E-state index < -0.39 is 0 Å². The normalized spacial score (nSPS) is 10.4. The van der Waals surface area contributed by atoms with Crippen molar-refractivity contribution in [3.63, 3.8) is 0 Å². The molecule has 2 rings (SSSR count). The van der Waals surface area contributed by atoms with Crippen LogP contribution in [0.5, 0.6) is 0 Å². The van der Waals surface area contributed by atoms with Crippen LogP contribution in [-0.4, -0.2) is 14.9 Å². The van der Waals surface area contributed by atoms with Crippen LogP contribution >= 0.6 is 12.2 Å². The van der Waals surface area contributed by atoms with Gasteiger partial charge in [0.05, 0.1) is 5.69 Å². The minimum Gasteiger partial charge on any atom is -0.359 e. The van der Waals surface area contributed by atoms with Crippen molar-refractivity contribution >= 4 is 17.3 Å². The zero-order chi connectivity index (χ0) is 15.2. The van der Waals surface area contributed by atoms with Gasteiger partial charge in [-0.2, -0.15) is 5.10 Å². The predicted molar refractivity (Wildman–Crippen MR) is 90.1 cm³/mol. The lowest BCUT2D eigenvalue weighted by Gasteiger charge is -2.11. The molecular weight excluding hydrogens is 280 g/mol. The van der Waals surface area contributed by atoms with Crippen molar-refractivity contribution in [3.8, 4) is 0 Å². The lowest BCUT2D eigenvalue weighted by atomic mass is 10.2. The van der Waals surface area contributed by atoms with E-state index in [0.29, 0.717) is 11.7 Å². The number of aromatic nitrogens is 2. The number of nitrogens with one attached hydrogen (secondary N) is 2. The van der Waals surface area contributed by atoms with Crippen LogP contribution in [0.3, 0.4) is 0 Å². The van der Waals surface area contributed by atoms with Gasteiger partial charge in [-0.25, -0.2) is 0 Å². The third-order valence-electron chi connectivity index (χ3n) is 3.55. The molecule has 0 radical (unpaired) electrons. The average Bonchev–Trinajstić information content (AvgIpc) is 2.78. The van der Waals surface area contributed by atoms with E-state index in [1.54, 1.807) is 0 Å². The fraction of sp³-hybridized carbons (Fsp3) is 0.375. The van der Waals surface area contributed by atoms with Gasteiger partial charge in [0.2, 0.25) is 0 Å². The van der Waals surface area contributed by atoms with Gasteiger partial charge in [-0.1, -0.05) is 30.3 Å². The first kappa shape index (κ1) is 15.5. The van der Waals surface area contributed by atoms with Crippen LogP contribution in [0.15, 0.2) is 30.3 Å². The molecule has 0 fully saturated rings. The molecule has 0 saturated carbocycles. The Kier molecular flexibility index (Phi) is 5.33. The highest BCUT2D eigenvalue weighted by Crippen LogP contribution is 2.12. The summed E-state index contributed by atoms with van der Waals surface area (Å²) in [6, 6.07) is 10.2. The molecule has 0 unspecified atom stereocenters. The van der Waals surface area contributed by atoms with E-state index in [9.17, 15) is 0 Å². The number of hydrogen-bond donors (Lipinski definition) is 2. The molecule has 0 aliphatic rings. The number of thiocarbonyl (C=S) groups is 1. The zero-order valence-electron chi connectivity index (χ0n) is 12.8. The smallest absolute Gasteiger partial charge is 0.166 e. The SMILES string of the molecule is CCn1nc(C)c(CNC(=S)NCc2ccccc2)c1C. The summed E-state index contributed by atoms with van der Waals surface area (Å²) in [5, 5.41) is 11.7. The lowest BCUT2D eigenvalue weighted by Crippen LogP contribution is -2.34. The quantitative estimate of drug-likeness (QED) is 0.833. The van der Waals surface area contributed by atoms with Gasteiger partial charge in [-0.3, -0.25) is 4.68 Å². The summed E-state index contributed by atoms with van der Waals surface area (Å²) in [5.74, 6) is 0. The topological polar surface area (TPSA) is 41.9 Å². The monoisotopic (exact) mass is 302 g/mol. The van der Waals surface area contributed by atoms with E-state index in [1.807, 2.05) is 29.8 Å². The highest BCUT2D eigenvalue weighted by molar-refractivity contribution is 7.80. The van der Waals surface area contributed by atoms with E-state index in [4.69, 9.17) is 12.2 Å². The summed E-state index contributed by atoms with van der Waals surface area (Å²) in [5.41, 5.74) is 4.70. The highest BCUT2D eigenvalue weighted by Gasteiger charge is 2.10. The molecule has 0 aliphatic carbocycles. The molecule has 5 heteroatoms.